The second-order valence-corrected chi connectivity index (χ2v) is 4.79. The van der Waals surface area contributed by atoms with Crippen molar-refractivity contribution in [2.24, 2.45) is 0 Å². The Morgan fingerprint density at radius 1 is 1.35 bits per heavy atom. The highest BCUT2D eigenvalue weighted by molar-refractivity contribution is 7.15. The molecular formula is C12H12N4S. The minimum Gasteiger partial charge on any atom is -0.384 e. The van der Waals surface area contributed by atoms with Crippen molar-refractivity contribution < 1.29 is 0 Å². The quantitative estimate of drug-likeness (QED) is 0.768. The topological polar surface area (TPSA) is 56.2 Å². The number of anilines is 1. The van der Waals surface area contributed by atoms with Crippen molar-refractivity contribution >= 4 is 22.1 Å². The van der Waals surface area contributed by atoms with Crippen molar-refractivity contribution in [3.05, 3.63) is 47.4 Å². The lowest BCUT2D eigenvalue weighted by Crippen LogP contribution is -1.95. The van der Waals surface area contributed by atoms with Gasteiger partial charge in [0.25, 0.3) is 0 Å². The molecule has 4 nitrogen and oxygen atoms in total. The highest BCUT2D eigenvalue weighted by atomic mass is 32.1. The van der Waals surface area contributed by atoms with E-state index in [0.717, 1.165) is 23.5 Å². The fraction of sp³-hybridized carbons (Fsp3) is 0.167. The van der Waals surface area contributed by atoms with Gasteiger partial charge in [0, 0.05) is 24.0 Å². The fourth-order valence-corrected chi connectivity index (χ4v) is 2.54. The van der Waals surface area contributed by atoms with E-state index in [-0.39, 0.29) is 0 Å². The van der Waals surface area contributed by atoms with E-state index in [0.29, 0.717) is 5.82 Å². The summed E-state index contributed by atoms with van der Waals surface area (Å²) in [7, 11) is 0. The monoisotopic (exact) mass is 244 g/mol. The van der Waals surface area contributed by atoms with Gasteiger partial charge < -0.3 is 5.73 Å². The van der Waals surface area contributed by atoms with E-state index in [4.69, 9.17) is 5.73 Å². The molecule has 0 saturated heterocycles. The zero-order chi connectivity index (χ0) is 11.7. The third-order valence-corrected chi connectivity index (χ3v) is 3.43. The number of pyridine rings is 1. The molecule has 0 atom stereocenters. The lowest BCUT2D eigenvalue weighted by Gasteiger charge is -1.99. The number of hydrogen-bond donors (Lipinski definition) is 1. The normalized spacial score (nSPS) is 11.1. The fourth-order valence-electron chi connectivity index (χ4n) is 1.82. The smallest absolute Gasteiger partial charge is 0.193 e. The summed E-state index contributed by atoms with van der Waals surface area (Å²) in [4.78, 5) is 9.58. The average molecular weight is 244 g/mol. The second-order valence-electron chi connectivity index (χ2n) is 3.91. The van der Waals surface area contributed by atoms with Crippen LogP contribution in [0.15, 0.2) is 36.1 Å². The Balaban J connectivity index is 1.74. The van der Waals surface area contributed by atoms with Gasteiger partial charge in [-0.3, -0.25) is 4.40 Å². The first-order valence-corrected chi connectivity index (χ1v) is 6.31. The molecule has 3 aromatic rings. The van der Waals surface area contributed by atoms with Crippen molar-refractivity contribution in [1.29, 1.82) is 0 Å². The first kappa shape index (κ1) is 10.3. The molecular weight excluding hydrogens is 232 g/mol. The zero-order valence-electron chi connectivity index (χ0n) is 9.21. The van der Waals surface area contributed by atoms with E-state index in [1.807, 2.05) is 23.7 Å². The maximum absolute atomic E-state index is 5.64. The third kappa shape index (κ3) is 2.14. The van der Waals surface area contributed by atoms with Crippen LogP contribution in [0.1, 0.15) is 11.3 Å². The maximum atomic E-state index is 5.64. The van der Waals surface area contributed by atoms with Crippen LogP contribution in [0.25, 0.3) is 4.96 Å². The number of aryl methyl sites for hydroxylation is 2. The SMILES string of the molecule is Nc1cc(CCc2cn3ccsc3n2)ccn1. The van der Waals surface area contributed by atoms with Gasteiger partial charge >= 0.3 is 0 Å². The van der Waals surface area contributed by atoms with Gasteiger partial charge in [-0.1, -0.05) is 0 Å². The average Bonchev–Trinajstić information content (AvgIpc) is 2.86. The highest BCUT2D eigenvalue weighted by Crippen LogP contribution is 2.13. The summed E-state index contributed by atoms with van der Waals surface area (Å²) in [5, 5.41) is 2.04. The lowest BCUT2D eigenvalue weighted by molar-refractivity contribution is 0.925. The number of imidazole rings is 1. The molecule has 0 aliphatic heterocycles. The van der Waals surface area contributed by atoms with E-state index in [1.54, 1.807) is 17.5 Å². The molecule has 3 aromatic heterocycles. The molecule has 17 heavy (non-hydrogen) atoms. The highest BCUT2D eigenvalue weighted by Gasteiger charge is 2.03. The maximum Gasteiger partial charge on any atom is 0.193 e. The van der Waals surface area contributed by atoms with Crippen LogP contribution in [0.2, 0.25) is 0 Å². The van der Waals surface area contributed by atoms with Crippen LogP contribution in [0.4, 0.5) is 5.82 Å². The molecule has 86 valence electrons. The van der Waals surface area contributed by atoms with Gasteiger partial charge in [0.1, 0.15) is 5.82 Å². The molecule has 0 bridgehead atoms. The Labute approximate surface area is 103 Å². The van der Waals surface area contributed by atoms with Crippen molar-refractivity contribution in [2.45, 2.75) is 12.8 Å². The molecule has 0 aliphatic carbocycles. The number of nitrogen functional groups attached to an aromatic ring is 1. The standard InChI is InChI=1S/C12H12N4S/c13-11-7-9(3-4-14-11)1-2-10-8-16-5-6-17-12(16)15-10/h3-8H,1-2H2,(H2,13,14). The van der Waals surface area contributed by atoms with Crippen LogP contribution in [0.5, 0.6) is 0 Å². The number of nitrogens with zero attached hydrogens (tertiary/aromatic N) is 3. The van der Waals surface area contributed by atoms with E-state index < -0.39 is 0 Å². The van der Waals surface area contributed by atoms with Crippen molar-refractivity contribution in [2.75, 3.05) is 5.73 Å². The zero-order valence-corrected chi connectivity index (χ0v) is 10.0. The van der Waals surface area contributed by atoms with Gasteiger partial charge in [-0.2, -0.15) is 0 Å². The summed E-state index contributed by atoms with van der Waals surface area (Å²) in [6.07, 6.45) is 7.73. The van der Waals surface area contributed by atoms with E-state index in [1.165, 1.54) is 5.56 Å². The number of aromatic nitrogens is 3. The molecule has 5 heteroatoms. The molecule has 0 spiro atoms. The molecule has 0 fully saturated rings. The van der Waals surface area contributed by atoms with E-state index in [2.05, 4.69) is 20.6 Å². The summed E-state index contributed by atoms with van der Waals surface area (Å²) in [5.41, 5.74) is 7.96. The summed E-state index contributed by atoms with van der Waals surface area (Å²) in [6, 6.07) is 3.91. The van der Waals surface area contributed by atoms with Crippen LogP contribution >= 0.6 is 11.3 Å². The number of nitrogens with two attached hydrogens (primary N) is 1. The summed E-state index contributed by atoms with van der Waals surface area (Å²) < 4.78 is 2.06. The lowest BCUT2D eigenvalue weighted by atomic mass is 10.1. The van der Waals surface area contributed by atoms with Crippen LogP contribution in [0, 0.1) is 0 Å². The Kier molecular flexibility index (Phi) is 2.53. The summed E-state index contributed by atoms with van der Waals surface area (Å²) in [5.74, 6) is 0.577. The van der Waals surface area contributed by atoms with E-state index >= 15 is 0 Å². The Bertz CT molecular complexity index is 612. The van der Waals surface area contributed by atoms with Crippen LogP contribution < -0.4 is 5.73 Å². The van der Waals surface area contributed by atoms with Crippen LogP contribution in [-0.4, -0.2) is 14.4 Å². The van der Waals surface area contributed by atoms with Gasteiger partial charge in [-0.15, -0.1) is 11.3 Å². The first-order chi connectivity index (χ1) is 8.31. The van der Waals surface area contributed by atoms with Gasteiger partial charge in [-0.25, -0.2) is 9.97 Å². The first-order valence-electron chi connectivity index (χ1n) is 5.43. The third-order valence-electron chi connectivity index (χ3n) is 2.66. The van der Waals surface area contributed by atoms with Gasteiger partial charge in [0.05, 0.1) is 5.69 Å². The summed E-state index contributed by atoms with van der Waals surface area (Å²) >= 11 is 1.65. The van der Waals surface area contributed by atoms with Gasteiger partial charge in [0.2, 0.25) is 0 Å². The Hall–Kier alpha value is -1.88. The van der Waals surface area contributed by atoms with Crippen LogP contribution in [0.3, 0.4) is 0 Å². The van der Waals surface area contributed by atoms with E-state index in [9.17, 15) is 0 Å². The van der Waals surface area contributed by atoms with Gasteiger partial charge in [-0.05, 0) is 30.5 Å². The molecule has 0 amide bonds. The molecule has 0 radical (unpaired) electrons. The number of rotatable bonds is 3. The molecule has 0 saturated carbocycles. The molecule has 3 heterocycles. The van der Waals surface area contributed by atoms with Crippen LogP contribution in [-0.2, 0) is 12.8 Å². The number of hydrogen-bond acceptors (Lipinski definition) is 4. The summed E-state index contributed by atoms with van der Waals surface area (Å²) in [6.45, 7) is 0. The predicted octanol–water partition coefficient (Wildman–Crippen LogP) is 2.16. The molecule has 0 unspecified atom stereocenters. The van der Waals surface area contributed by atoms with Crippen molar-refractivity contribution in [3.8, 4) is 0 Å². The number of fused-ring (bicyclic) bond motifs is 1. The largest absolute Gasteiger partial charge is 0.384 e. The Morgan fingerprint density at radius 3 is 3.12 bits per heavy atom. The Morgan fingerprint density at radius 2 is 2.29 bits per heavy atom. The molecule has 0 aliphatic rings. The second kappa shape index (κ2) is 4.18. The minimum absolute atomic E-state index is 0.577. The minimum atomic E-state index is 0.577. The van der Waals surface area contributed by atoms with Crippen molar-refractivity contribution in [3.63, 3.8) is 0 Å². The molecule has 2 N–H and O–H groups in total. The van der Waals surface area contributed by atoms with Gasteiger partial charge in [0.15, 0.2) is 4.96 Å². The number of thiazole rings is 1. The molecule has 0 aromatic carbocycles. The van der Waals surface area contributed by atoms with Crippen molar-refractivity contribution in [1.82, 2.24) is 14.4 Å². The molecule has 3 rings (SSSR count). The predicted molar refractivity (Wildman–Crippen MR) is 69.1 cm³/mol.